The van der Waals surface area contributed by atoms with Gasteiger partial charge in [-0.15, -0.1) is 11.3 Å². The van der Waals surface area contributed by atoms with Gasteiger partial charge in [-0.05, 0) is 31.4 Å². The topological polar surface area (TPSA) is 42.4 Å². The largest absolute Gasteiger partial charge is 0.496 e. The fourth-order valence-electron chi connectivity index (χ4n) is 3.08. The first kappa shape index (κ1) is 17.0. The molecule has 0 bridgehead atoms. The molecule has 0 unspecified atom stereocenters. The molecule has 1 fully saturated rings. The number of ether oxygens (including phenoxy) is 1. The quantitative estimate of drug-likeness (QED) is 0.818. The number of rotatable bonds is 5. The molecule has 0 atom stereocenters. The van der Waals surface area contributed by atoms with Gasteiger partial charge in [-0.3, -0.25) is 4.79 Å². The number of methoxy groups -OCH3 is 1. The van der Waals surface area contributed by atoms with E-state index in [1.165, 1.54) is 12.8 Å². The molecule has 128 valence electrons. The molecule has 4 nitrogen and oxygen atoms in total. The zero-order valence-electron chi connectivity index (χ0n) is 14.2. The Balaban J connectivity index is 1.61. The van der Waals surface area contributed by atoms with E-state index in [4.69, 9.17) is 9.72 Å². The maximum absolute atomic E-state index is 12.4. The molecule has 1 aromatic carbocycles. The van der Waals surface area contributed by atoms with Crippen molar-refractivity contribution in [2.45, 2.75) is 38.5 Å². The number of aryl methyl sites for hydroxylation is 1. The third-order valence-corrected chi connectivity index (χ3v) is 5.37. The van der Waals surface area contributed by atoms with Crippen LogP contribution >= 0.6 is 11.3 Å². The second kappa shape index (κ2) is 8.29. The van der Waals surface area contributed by atoms with Crippen molar-refractivity contribution < 1.29 is 9.53 Å². The van der Waals surface area contributed by atoms with Crippen molar-refractivity contribution in [1.29, 1.82) is 0 Å². The number of para-hydroxylation sites is 1. The van der Waals surface area contributed by atoms with Crippen LogP contribution in [0, 0.1) is 0 Å². The summed E-state index contributed by atoms with van der Waals surface area (Å²) in [6.45, 7) is 1.84. The zero-order valence-corrected chi connectivity index (χ0v) is 15.0. The number of carbonyl (C=O) groups is 1. The Labute approximate surface area is 147 Å². The number of benzene rings is 1. The number of nitrogens with zero attached hydrogens (tertiary/aromatic N) is 2. The molecule has 24 heavy (non-hydrogen) atoms. The summed E-state index contributed by atoms with van der Waals surface area (Å²) in [5, 5.41) is 3.00. The van der Waals surface area contributed by atoms with Crippen LogP contribution in [0.4, 0.5) is 0 Å². The number of hydrogen-bond donors (Lipinski definition) is 0. The maximum Gasteiger partial charge on any atom is 0.222 e. The Bertz CT molecular complexity index is 676. The van der Waals surface area contributed by atoms with E-state index >= 15 is 0 Å². The van der Waals surface area contributed by atoms with Crippen LogP contribution in [0.25, 0.3) is 10.6 Å². The first-order chi connectivity index (χ1) is 11.8. The molecule has 0 spiro atoms. The van der Waals surface area contributed by atoms with Crippen LogP contribution in [0.2, 0.25) is 0 Å². The van der Waals surface area contributed by atoms with Crippen LogP contribution < -0.4 is 4.74 Å². The average Bonchev–Trinajstić information content (AvgIpc) is 2.92. The van der Waals surface area contributed by atoms with Crippen molar-refractivity contribution in [2.24, 2.45) is 0 Å². The molecule has 1 amide bonds. The summed E-state index contributed by atoms with van der Waals surface area (Å²) in [5.41, 5.74) is 2.00. The number of carbonyl (C=O) groups excluding carboxylic acids is 1. The Morgan fingerprint density at radius 1 is 1.21 bits per heavy atom. The van der Waals surface area contributed by atoms with Crippen molar-refractivity contribution >= 4 is 17.2 Å². The summed E-state index contributed by atoms with van der Waals surface area (Å²) in [7, 11) is 1.67. The number of likely N-dealkylation sites (tertiary alicyclic amines) is 1. The van der Waals surface area contributed by atoms with Crippen LogP contribution in [0.3, 0.4) is 0 Å². The predicted octanol–water partition coefficient (Wildman–Crippen LogP) is 4.15. The molecule has 3 rings (SSSR count). The van der Waals surface area contributed by atoms with Crippen molar-refractivity contribution in [3.8, 4) is 16.3 Å². The first-order valence-corrected chi connectivity index (χ1v) is 9.51. The van der Waals surface area contributed by atoms with Crippen LogP contribution in [0.15, 0.2) is 29.6 Å². The zero-order chi connectivity index (χ0) is 16.8. The molecule has 0 saturated carbocycles. The summed E-state index contributed by atoms with van der Waals surface area (Å²) < 4.78 is 5.40. The van der Waals surface area contributed by atoms with Crippen molar-refractivity contribution in [2.75, 3.05) is 20.2 Å². The molecular formula is C19H24N2O2S. The predicted molar refractivity (Wildman–Crippen MR) is 97.5 cm³/mol. The summed E-state index contributed by atoms with van der Waals surface area (Å²) in [4.78, 5) is 19.1. The molecule has 0 N–H and O–H groups in total. The number of thiazole rings is 1. The highest BCUT2D eigenvalue weighted by molar-refractivity contribution is 7.13. The molecule has 0 radical (unpaired) electrons. The minimum Gasteiger partial charge on any atom is -0.496 e. The molecule has 1 aromatic heterocycles. The van der Waals surface area contributed by atoms with Crippen LogP contribution in [-0.4, -0.2) is 36.0 Å². The first-order valence-electron chi connectivity index (χ1n) is 8.63. The number of amides is 1. The van der Waals surface area contributed by atoms with E-state index in [0.717, 1.165) is 47.9 Å². The van der Waals surface area contributed by atoms with Crippen molar-refractivity contribution in [3.63, 3.8) is 0 Å². The lowest BCUT2D eigenvalue weighted by atomic mass is 10.2. The highest BCUT2D eigenvalue weighted by Gasteiger charge is 2.16. The molecule has 1 saturated heterocycles. The Hall–Kier alpha value is -1.88. The lowest BCUT2D eigenvalue weighted by molar-refractivity contribution is -0.131. The highest BCUT2D eigenvalue weighted by atomic mass is 32.1. The van der Waals surface area contributed by atoms with Crippen LogP contribution in [0.1, 0.15) is 37.8 Å². The smallest absolute Gasteiger partial charge is 0.222 e. The normalized spacial score (nSPS) is 15.1. The van der Waals surface area contributed by atoms with Gasteiger partial charge in [-0.2, -0.15) is 0 Å². The second-order valence-corrected chi connectivity index (χ2v) is 7.00. The van der Waals surface area contributed by atoms with E-state index in [1.807, 2.05) is 29.2 Å². The molecule has 1 aliphatic rings. The lowest BCUT2D eigenvalue weighted by Gasteiger charge is -2.19. The number of hydrogen-bond acceptors (Lipinski definition) is 4. The number of aromatic nitrogens is 1. The fourth-order valence-corrected chi connectivity index (χ4v) is 3.96. The molecule has 2 heterocycles. The Morgan fingerprint density at radius 3 is 2.71 bits per heavy atom. The SMILES string of the molecule is COc1ccccc1-c1nc(CCC(=O)N2CCCCCC2)cs1. The van der Waals surface area contributed by atoms with E-state index < -0.39 is 0 Å². The molecule has 1 aliphatic heterocycles. The van der Waals surface area contributed by atoms with Gasteiger partial charge in [-0.25, -0.2) is 4.98 Å². The molecule has 2 aromatic rings. The van der Waals surface area contributed by atoms with E-state index in [2.05, 4.69) is 5.38 Å². The summed E-state index contributed by atoms with van der Waals surface area (Å²) in [6.07, 6.45) is 6.03. The van der Waals surface area contributed by atoms with Gasteiger partial charge in [-0.1, -0.05) is 25.0 Å². The third kappa shape index (κ3) is 4.15. The standard InChI is InChI=1S/C19H24N2O2S/c1-23-17-9-5-4-8-16(17)19-20-15(14-24-19)10-11-18(22)21-12-6-2-3-7-13-21/h4-5,8-9,14H,2-3,6-7,10-13H2,1H3. The van der Waals surface area contributed by atoms with Gasteiger partial charge in [0.2, 0.25) is 5.91 Å². The van der Waals surface area contributed by atoms with Gasteiger partial charge in [0.25, 0.3) is 0 Å². The lowest BCUT2D eigenvalue weighted by Crippen LogP contribution is -2.31. The van der Waals surface area contributed by atoms with Gasteiger partial charge >= 0.3 is 0 Å². The maximum atomic E-state index is 12.4. The Morgan fingerprint density at radius 2 is 1.96 bits per heavy atom. The minimum atomic E-state index is 0.267. The van der Waals surface area contributed by atoms with Gasteiger partial charge < -0.3 is 9.64 Å². The summed E-state index contributed by atoms with van der Waals surface area (Å²) in [6, 6.07) is 7.90. The van der Waals surface area contributed by atoms with Gasteiger partial charge in [0.05, 0.1) is 18.4 Å². The van der Waals surface area contributed by atoms with Crippen LogP contribution in [0.5, 0.6) is 5.75 Å². The fraction of sp³-hybridized carbons (Fsp3) is 0.474. The van der Waals surface area contributed by atoms with Gasteiger partial charge in [0, 0.05) is 24.9 Å². The van der Waals surface area contributed by atoms with Gasteiger partial charge in [0.15, 0.2) is 0 Å². The van der Waals surface area contributed by atoms with Gasteiger partial charge in [0.1, 0.15) is 10.8 Å². The monoisotopic (exact) mass is 344 g/mol. The molecular weight excluding hydrogens is 320 g/mol. The minimum absolute atomic E-state index is 0.267. The van der Waals surface area contributed by atoms with E-state index in [1.54, 1.807) is 18.4 Å². The summed E-state index contributed by atoms with van der Waals surface area (Å²) >= 11 is 1.61. The molecule has 0 aliphatic carbocycles. The van der Waals surface area contributed by atoms with E-state index in [0.29, 0.717) is 12.8 Å². The summed E-state index contributed by atoms with van der Waals surface area (Å²) in [5.74, 6) is 1.10. The van der Waals surface area contributed by atoms with E-state index in [-0.39, 0.29) is 5.91 Å². The second-order valence-electron chi connectivity index (χ2n) is 6.14. The highest BCUT2D eigenvalue weighted by Crippen LogP contribution is 2.32. The Kier molecular flexibility index (Phi) is 5.86. The third-order valence-electron chi connectivity index (χ3n) is 4.44. The van der Waals surface area contributed by atoms with Crippen molar-refractivity contribution in [3.05, 3.63) is 35.3 Å². The average molecular weight is 344 g/mol. The van der Waals surface area contributed by atoms with Crippen molar-refractivity contribution in [1.82, 2.24) is 9.88 Å². The van der Waals surface area contributed by atoms with E-state index in [9.17, 15) is 4.79 Å². The molecule has 5 heteroatoms. The van der Waals surface area contributed by atoms with Crippen LogP contribution in [-0.2, 0) is 11.2 Å².